The van der Waals surface area contributed by atoms with Crippen LogP contribution in [0.1, 0.15) is 15.4 Å². The van der Waals surface area contributed by atoms with E-state index in [0.29, 0.717) is 11.7 Å². The fraction of sp³-hybridized carbons (Fsp3) is 0.158. The molecule has 0 aliphatic carbocycles. The minimum Gasteiger partial charge on any atom is -0.451 e. The summed E-state index contributed by atoms with van der Waals surface area (Å²) in [4.78, 5) is 41.3. The number of benzene rings is 1. The Bertz CT molecular complexity index is 987. The number of nitrogens with one attached hydrogen (secondary N) is 2. The van der Waals surface area contributed by atoms with Gasteiger partial charge < -0.3 is 10.1 Å². The van der Waals surface area contributed by atoms with Crippen LogP contribution in [-0.2, 0) is 16.1 Å². The van der Waals surface area contributed by atoms with Gasteiger partial charge in [-0.3, -0.25) is 14.7 Å². The number of urea groups is 1. The Morgan fingerprint density at radius 1 is 1.17 bits per heavy atom. The lowest BCUT2D eigenvalue weighted by atomic mass is 10.3. The van der Waals surface area contributed by atoms with E-state index in [2.05, 4.69) is 15.6 Å². The smallest absolute Gasteiger partial charge is 0.357 e. The second kappa shape index (κ2) is 9.89. The third kappa shape index (κ3) is 5.46. The average Bonchev–Trinajstić information content (AvgIpc) is 3.40. The molecule has 0 unspecified atom stereocenters. The maximum absolute atomic E-state index is 12.5. The Morgan fingerprint density at radius 2 is 1.97 bits per heavy atom. The van der Waals surface area contributed by atoms with Crippen molar-refractivity contribution in [3.8, 4) is 5.69 Å². The van der Waals surface area contributed by atoms with Crippen molar-refractivity contribution in [2.45, 2.75) is 11.7 Å². The van der Waals surface area contributed by atoms with Crippen LogP contribution >= 0.6 is 23.1 Å². The Balaban J connectivity index is 1.56. The molecule has 10 heteroatoms. The summed E-state index contributed by atoms with van der Waals surface area (Å²) >= 11 is 2.87. The number of imidazole rings is 1. The van der Waals surface area contributed by atoms with Gasteiger partial charge in [-0.05, 0) is 29.8 Å². The number of thiophene rings is 1. The minimum absolute atomic E-state index is 0.190. The number of hydrogen-bond acceptors (Lipinski definition) is 7. The maximum Gasteiger partial charge on any atom is 0.357 e. The first-order valence-corrected chi connectivity index (χ1v) is 10.6. The number of nitrogens with zero attached hydrogens (tertiary/aromatic N) is 2. The molecule has 150 valence electrons. The van der Waals surface area contributed by atoms with Gasteiger partial charge in [0, 0.05) is 10.6 Å². The van der Waals surface area contributed by atoms with E-state index in [1.165, 1.54) is 29.3 Å². The molecule has 2 N–H and O–H groups in total. The summed E-state index contributed by atoms with van der Waals surface area (Å²) in [6.45, 7) is -0.274. The zero-order valence-electron chi connectivity index (χ0n) is 15.5. The Kier molecular flexibility index (Phi) is 7.04. The molecule has 0 fully saturated rings. The molecule has 2 heterocycles. The van der Waals surface area contributed by atoms with Gasteiger partial charge >= 0.3 is 12.0 Å². The fourth-order valence-corrected chi connectivity index (χ4v) is 3.63. The first-order valence-electron chi connectivity index (χ1n) is 8.53. The Hall–Kier alpha value is -3.11. The van der Waals surface area contributed by atoms with Crippen molar-refractivity contribution >= 4 is 41.0 Å². The molecule has 3 aromatic rings. The molecule has 0 radical (unpaired) electrons. The predicted octanol–water partition coefficient (Wildman–Crippen LogP) is 2.84. The van der Waals surface area contributed by atoms with Gasteiger partial charge in [0.05, 0.1) is 12.7 Å². The summed E-state index contributed by atoms with van der Waals surface area (Å²) in [6.07, 6.45) is 3.24. The molecular formula is C19H18N4O4S2. The molecule has 0 spiro atoms. The molecular weight excluding hydrogens is 412 g/mol. The minimum atomic E-state index is -0.724. The zero-order valence-corrected chi connectivity index (χ0v) is 17.1. The molecule has 29 heavy (non-hydrogen) atoms. The predicted molar refractivity (Wildman–Crippen MR) is 110 cm³/mol. The number of para-hydroxylation sites is 1. The van der Waals surface area contributed by atoms with E-state index in [0.717, 1.165) is 10.6 Å². The highest BCUT2D eigenvalue weighted by Crippen LogP contribution is 2.22. The van der Waals surface area contributed by atoms with Crippen LogP contribution in [0, 0.1) is 0 Å². The SMILES string of the molecule is CSc1ncc(C(=O)OCC(=O)NC(=O)NCc2cccs2)n1-c1ccccc1. The maximum atomic E-state index is 12.5. The third-order valence-corrected chi connectivity index (χ3v) is 5.26. The summed E-state index contributed by atoms with van der Waals surface area (Å²) in [6, 6.07) is 12.3. The van der Waals surface area contributed by atoms with E-state index >= 15 is 0 Å². The highest BCUT2D eigenvalue weighted by atomic mass is 32.2. The van der Waals surface area contributed by atoms with Crippen molar-refractivity contribution in [1.82, 2.24) is 20.2 Å². The van der Waals surface area contributed by atoms with E-state index in [1.807, 2.05) is 54.1 Å². The largest absolute Gasteiger partial charge is 0.451 e. The number of imide groups is 1. The quantitative estimate of drug-likeness (QED) is 0.441. The number of esters is 1. The molecule has 3 rings (SSSR count). The number of carbonyl (C=O) groups is 3. The standard InChI is InChI=1S/C19H18N4O4S2/c1-28-19-21-11-15(23(19)13-6-3-2-4-7-13)17(25)27-12-16(24)22-18(26)20-10-14-8-5-9-29-14/h2-9,11H,10,12H2,1H3,(H2,20,22,24,26). The van der Waals surface area contributed by atoms with Gasteiger partial charge in [0.15, 0.2) is 17.5 Å². The summed E-state index contributed by atoms with van der Waals surface area (Å²) in [5.41, 5.74) is 0.939. The summed E-state index contributed by atoms with van der Waals surface area (Å²) in [5.74, 6) is -1.44. The number of rotatable bonds is 7. The van der Waals surface area contributed by atoms with Gasteiger partial charge in [-0.1, -0.05) is 36.0 Å². The van der Waals surface area contributed by atoms with Crippen LogP contribution in [0.5, 0.6) is 0 Å². The topological polar surface area (TPSA) is 102 Å². The van der Waals surface area contributed by atoms with E-state index in [9.17, 15) is 14.4 Å². The highest BCUT2D eigenvalue weighted by Gasteiger charge is 2.20. The molecule has 0 bridgehead atoms. The van der Waals surface area contributed by atoms with E-state index < -0.39 is 24.5 Å². The van der Waals surface area contributed by atoms with Crippen LogP contribution < -0.4 is 10.6 Å². The average molecular weight is 431 g/mol. The molecule has 0 saturated carbocycles. The lowest BCUT2D eigenvalue weighted by Gasteiger charge is -2.11. The van der Waals surface area contributed by atoms with Gasteiger partial charge in [-0.15, -0.1) is 11.3 Å². The molecule has 1 aromatic carbocycles. The molecule has 0 aliphatic rings. The zero-order chi connectivity index (χ0) is 20.6. The summed E-state index contributed by atoms with van der Waals surface area (Å²) in [5, 5.41) is 7.19. The normalized spacial score (nSPS) is 10.4. The first-order chi connectivity index (χ1) is 14.1. The number of carbonyl (C=O) groups excluding carboxylic acids is 3. The van der Waals surface area contributed by atoms with Gasteiger partial charge in [0.2, 0.25) is 0 Å². The second-order valence-electron chi connectivity index (χ2n) is 5.69. The molecule has 3 amide bonds. The monoisotopic (exact) mass is 430 g/mol. The van der Waals surface area contributed by atoms with Crippen molar-refractivity contribution in [3.05, 3.63) is 64.6 Å². The fourth-order valence-electron chi connectivity index (χ4n) is 2.44. The summed E-state index contributed by atoms with van der Waals surface area (Å²) < 4.78 is 6.71. The van der Waals surface area contributed by atoms with Gasteiger partial charge in [0.1, 0.15) is 0 Å². The van der Waals surface area contributed by atoms with Crippen LogP contribution in [0.25, 0.3) is 5.69 Å². The number of aromatic nitrogens is 2. The lowest BCUT2D eigenvalue weighted by Crippen LogP contribution is -2.41. The molecule has 8 nitrogen and oxygen atoms in total. The lowest BCUT2D eigenvalue weighted by molar-refractivity contribution is -0.123. The van der Waals surface area contributed by atoms with Crippen LogP contribution in [-0.4, -0.2) is 40.3 Å². The van der Waals surface area contributed by atoms with Gasteiger partial charge in [-0.25, -0.2) is 14.6 Å². The van der Waals surface area contributed by atoms with Crippen molar-refractivity contribution in [2.75, 3.05) is 12.9 Å². The molecule has 0 aliphatic heterocycles. The third-order valence-electron chi connectivity index (χ3n) is 3.73. The van der Waals surface area contributed by atoms with Crippen LogP contribution in [0.4, 0.5) is 4.79 Å². The van der Waals surface area contributed by atoms with Crippen LogP contribution in [0.15, 0.2) is 59.2 Å². The van der Waals surface area contributed by atoms with E-state index in [-0.39, 0.29) is 5.69 Å². The van der Waals surface area contributed by atoms with Crippen LogP contribution in [0.2, 0.25) is 0 Å². The van der Waals surface area contributed by atoms with Gasteiger partial charge in [-0.2, -0.15) is 0 Å². The van der Waals surface area contributed by atoms with Crippen molar-refractivity contribution in [1.29, 1.82) is 0 Å². The van der Waals surface area contributed by atoms with E-state index in [1.54, 1.807) is 4.57 Å². The molecule has 0 atom stereocenters. The number of hydrogen-bond donors (Lipinski definition) is 2. The highest BCUT2D eigenvalue weighted by molar-refractivity contribution is 7.98. The summed E-state index contributed by atoms with van der Waals surface area (Å²) in [7, 11) is 0. The van der Waals surface area contributed by atoms with Crippen molar-refractivity contribution in [2.24, 2.45) is 0 Å². The van der Waals surface area contributed by atoms with Crippen molar-refractivity contribution in [3.63, 3.8) is 0 Å². The Morgan fingerprint density at radius 3 is 2.66 bits per heavy atom. The molecule has 0 saturated heterocycles. The van der Waals surface area contributed by atoms with E-state index in [4.69, 9.17) is 4.74 Å². The van der Waals surface area contributed by atoms with Crippen LogP contribution in [0.3, 0.4) is 0 Å². The number of thioether (sulfide) groups is 1. The first kappa shape index (κ1) is 20.6. The molecule has 2 aromatic heterocycles. The van der Waals surface area contributed by atoms with Gasteiger partial charge in [0.25, 0.3) is 5.91 Å². The van der Waals surface area contributed by atoms with Crippen molar-refractivity contribution < 1.29 is 19.1 Å². The number of ether oxygens (including phenoxy) is 1. The number of amides is 3. The Labute approximate surface area is 175 Å². The second-order valence-corrected chi connectivity index (χ2v) is 7.49.